The van der Waals surface area contributed by atoms with Gasteiger partial charge in [-0.1, -0.05) is 30.3 Å². The molecular formula is C15H17N3O2. The molecule has 20 heavy (non-hydrogen) atoms. The first-order valence-corrected chi connectivity index (χ1v) is 6.31. The molecule has 1 unspecified atom stereocenters. The van der Waals surface area contributed by atoms with Crippen LogP contribution >= 0.6 is 0 Å². The number of amides is 1. The molecule has 2 aromatic rings. The summed E-state index contributed by atoms with van der Waals surface area (Å²) < 4.78 is 4.51. The summed E-state index contributed by atoms with van der Waals surface area (Å²) in [7, 11) is 1.32. The van der Waals surface area contributed by atoms with Crippen molar-refractivity contribution in [2.45, 2.75) is 13.0 Å². The van der Waals surface area contributed by atoms with Crippen molar-refractivity contribution in [1.29, 1.82) is 0 Å². The predicted octanol–water partition coefficient (Wildman–Crippen LogP) is 3.43. The number of aromatic nitrogens is 1. The van der Waals surface area contributed by atoms with Gasteiger partial charge in [-0.15, -0.1) is 0 Å². The molecule has 0 aliphatic heterocycles. The minimum absolute atomic E-state index is 0.156. The van der Waals surface area contributed by atoms with Crippen molar-refractivity contribution in [3.8, 4) is 0 Å². The second kappa shape index (κ2) is 6.56. The molecule has 0 aliphatic carbocycles. The lowest BCUT2D eigenvalue weighted by Crippen LogP contribution is -2.12. The largest absolute Gasteiger partial charge is 0.453 e. The number of carbonyl (C=O) groups excluding carboxylic acids is 1. The Morgan fingerprint density at radius 1 is 1.20 bits per heavy atom. The van der Waals surface area contributed by atoms with Gasteiger partial charge in [0.15, 0.2) is 0 Å². The van der Waals surface area contributed by atoms with Gasteiger partial charge < -0.3 is 10.1 Å². The van der Waals surface area contributed by atoms with Crippen LogP contribution in [-0.2, 0) is 4.74 Å². The Labute approximate surface area is 118 Å². The fraction of sp³-hybridized carbons (Fsp3) is 0.200. The summed E-state index contributed by atoms with van der Waals surface area (Å²) in [5, 5.41) is 5.85. The first-order chi connectivity index (χ1) is 9.69. The van der Waals surface area contributed by atoms with Gasteiger partial charge in [0, 0.05) is 6.04 Å². The first-order valence-electron chi connectivity index (χ1n) is 6.31. The van der Waals surface area contributed by atoms with Crippen molar-refractivity contribution in [3.63, 3.8) is 0 Å². The molecule has 5 nitrogen and oxygen atoms in total. The summed E-state index contributed by atoms with van der Waals surface area (Å²) in [5.74, 6) is 0.747. The van der Waals surface area contributed by atoms with E-state index in [0.717, 1.165) is 5.82 Å². The van der Waals surface area contributed by atoms with Crippen LogP contribution in [0.3, 0.4) is 0 Å². The van der Waals surface area contributed by atoms with E-state index in [1.807, 2.05) is 24.3 Å². The number of ether oxygens (including phenoxy) is 1. The van der Waals surface area contributed by atoms with E-state index in [1.165, 1.54) is 12.7 Å². The fourth-order valence-electron chi connectivity index (χ4n) is 1.77. The van der Waals surface area contributed by atoms with Crippen molar-refractivity contribution >= 4 is 17.6 Å². The van der Waals surface area contributed by atoms with Gasteiger partial charge in [0.2, 0.25) is 0 Å². The molecule has 104 valence electrons. The number of nitrogens with zero attached hydrogens (tertiary/aromatic N) is 1. The average molecular weight is 271 g/mol. The highest BCUT2D eigenvalue weighted by Crippen LogP contribution is 2.18. The third-order valence-electron chi connectivity index (χ3n) is 2.86. The number of methoxy groups -OCH3 is 1. The van der Waals surface area contributed by atoms with Crippen LogP contribution in [-0.4, -0.2) is 18.2 Å². The lowest BCUT2D eigenvalue weighted by Gasteiger charge is -2.15. The highest BCUT2D eigenvalue weighted by molar-refractivity contribution is 5.84. The van der Waals surface area contributed by atoms with Crippen molar-refractivity contribution in [1.82, 2.24) is 4.98 Å². The Hall–Kier alpha value is -2.56. The predicted molar refractivity (Wildman–Crippen MR) is 78.7 cm³/mol. The van der Waals surface area contributed by atoms with E-state index < -0.39 is 6.09 Å². The van der Waals surface area contributed by atoms with Gasteiger partial charge in [-0.2, -0.15) is 0 Å². The molecule has 0 saturated heterocycles. The molecule has 2 N–H and O–H groups in total. The Morgan fingerprint density at radius 3 is 2.55 bits per heavy atom. The van der Waals surface area contributed by atoms with Crippen LogP contribution in [0.1, 0.15) is 18.5 Å². The summed E-state index contributed by atoms with van der Waals surface area (Å²) in [6.45, 7) is 2.07. The molecule has 1 aromatic heterocycles. The summed E-state index contributed by atoms with van der Waals surface area (Å²) in [4.78, 5) is 15.3. The molecule has 1 amide bonds. The van der Waals surface area contributed by atoms with Crippen LogP contribution in [0.25, 0.3) is 0 Å². The topological polar surface area (TPSA) is 63.2 Å². The van der Waals surface area contributed by atoms with Crippen LogP contribution in [0.5, 0.6) is 0 Å². The SMILES string of the molecule is COC(=O)Nc1ccc(NC(C)c2ccccc2)nc1. The van der Waals surface area contributed by atoms with E-state index in [2.05, 4.69) is 39.4 Å². The molecule has 5 heteroatoms. The molecule has 1 heterocycles. The number of benzene rings is 1. The van der Waals surface area contributed by atoms with Gasteiger partial charge in [0.25, 0.3) is 0 Å². The standard InChI is InChI=1S/C15H17N3O2/c1-11(12-6-4-3-5-7-12)17-14-9-8-13(10-16-14)18-15(19)20-2/h3-11H,1-2H3,(H,16,17)(H,18,19). The molecular weight excluding hydrogens is 254 g/mol. The Kier molecular flexibility index (Phi) is 4.55. The molecule has 0 aliphatic rings. The average Bonchev–Trinajstić information content (AvgIpc) is 2.50. The Morgan fingerprint density at radius 2 is 1.95 bits per heavy atom. The van der Waals surface area contributed by atoms with Crippen molar-refractivity contribution < 1.29 is 9.53 Å². The minimum Gasteiger partial charge on any atom is -0.453 e. The van der Waals surface area contributed by atoms with Gasteiger partial charge in [0.05, 0.1) is 19.0 Å². The summed E-state index contributed by atoms with van der Waals surface area (Å²) >= 11 is 0. The second-order valence-electron chi connectivity index (χ2n) is 4.33. The maximum absolute atomic E-state index is 11.1. The smallest absolute Gasteiger partial charge is 0.411 e. The monoisotopic (exact) mass is 271 g/mol. The van der Waals surface area contributed by atoms with Gasteiger partial charge >= 0.3 is 6.09 Å². The zero-order valence-corrected chi connectivity index (χ0v) is 11.5. The van der Waals surface area contributed by atoms with Crippen molar-refractivity contribution in [2.24, 2.45) is 0 Å². The molecule has 0 fully saturated rings. The minimum atomic E-state index is -0.509. The van der Waals surface area contributed by atoms with E-state index in [0.29, 0.717) is 5.69 Å². The van der Waals surface area contributed by atoms with E-state index in [1.54, 1.807) is 12.3 Å². The van der Waals surface area contributed by atoms with E-state index in [9.17, 15) is 4.79 Å². The molecule has 1 aromatic carbocycles. The summed E-state index contributed by atoms with van der Waals surface area (Å²) in [5.41, 5.74) is 1.78. The molecule has 2 rings (SSSR count). The Balaban J connectivity index is 1.98. The quantitative estimate of drug-likeness (QED) is 0.894. The molecule has 0 saturated carbocycles. The van der Waals surface area contributed by atoms with Crippen LogP contribution in [0, 0.1) is 0 Å². The van der Waals surface area contributed by atoms with Crippen molar-refractivity contribution in [3.05, 3.63) is 54.2 Å². The van der Waals surface area contributed by atoms with Gasteiger partial charge in [-0.3, -0.25) is 5.32 Å². The number of carbonyl (C=O) groups is 1. The molecule has 1 atom stereocenters. The fourth-order valence-corrected chi connectivity index (χ4v) is 1.77. The van der Waals surface area contributed by atoms with Crippen LogP contribution in [0.2, 0.25) is 0 Å². The van der Waals surface area contributed by atoms with Crippen LogP contribution in [0.15, 0.2) is 48.7 Å². The highest BCUT2D eigenvalue weighted by atomic mass is 16.5. The zero-order valence-electron chi connectivity index (χ0n) is 11.5. The van der Waals surface area contributed by atoms with E-state index in [-0.39, 0.29) is 6.04 Å². The highest BCUT2D eigenvalue weighted by Gasteiger charge is 2.06. The molecule has 0 bridgehead atoms. The van der Waals surface area contributed by atoms with Crippen LogP contribution in [0.4, 0.5) is 16.3 Å². The number of nitrogens with one attached hydrogen (secondary N) is 2. The number of anilines is 2. The normalized spacial score (nSPS) is 11.5. The third kappa shape index (κ3) is 3.71. The van der Waals surface area contributed by atoms with E-state index >= 15 is 0 Å². The summed E-state index contributed by atoms with van der Waals surface area (Å²) in [6.07, 6.45) is 1.07. The van der Waals surface area contributed by atoms with Gasteiger partial charge in [-0.25, -0.2) is 9.78 Å². The number of hydrogen-bond donors (Lipinski definition) is 2. The van der Waals surface area contributed by atoms with Crippen LogP contribution < -0.4 is 10.6 Å². The lowest BCUT2D eigenvalue weighted by atomic mass is 10.1. The third-order valence-corrected chi connectivity index (χ3v) is 2.86. The van der Waals surface area contributed by atoms with Gasteiger partial charge in [0.1, 0.15) is 5.82 Å². The zero-order chi connectivity index (χ0) is 14.4. The summed E-state index contributed by atoms with van der Waals surface area (Å²) in [6, 6.07) is 13.9. The lowest BCUT2D eigenvalue weighted by molar-refractivity contribution is 0.187. The Bertz CT molecular complexity index is 555. The maximum atomic E-state index is 11.1. The van der Waals surface area contributed by atoms with Crippen molar-refractivity contribution in [2.75, 3.05) is 17.7 Å². The second-order valence-corrected chi connectivity index (χ2v) is 4.33. The number of rotatable bonds is 4. The number of hydrogen-bond acceptors (Lipinski definition) is 4. The molecule has 0 radical (unpaired) electrons. The number of pyridine rings is 1. The maximum Gasteiger partial charge on any atom is 0.411 e. The van der Waals surface area contributed by atoms with E-state index in [4.69, 9.17) is 0 Å². The van der Waals surface area contributed by atoms with Gasteiger partial charge in [-0.05, 0) is 24.6 Å². The first kappa shape index (κ1) is 13.9. The molecule has 0 spiro atoms.